The molecule has 0 fully saturated rings. The van der Waals surface area contributed by atoms with E-state index in [1.54, 1.807) is 0 Å². The van der Waals surface area contributed by atoms with Crippen molar-refractivity contribution in [2.45, 2.75) is 19.8 Å². The first-order chi connectivity index (χ1) is 8.79. The molecule has 2 N–H and O–H groups in total. The third-order valence-electron chi connectivity index (χ3n) is 2.64. The van der Waals surface area contributed by atoms with Crippen LogP contribution in [0.2, 0.25) is 0 Å². The van der Waals surface area contributed by atoms with Gasteiger partial charge >= 0.3 is 0 Å². The van der Waals surface area contributed by atoms with Gasteiger partial charge in [-0.05, 0) is 18.6 Å². The van der Waals surface area contributed by atoms with Crippen LogP contribution in [-0.2, 0) is 12.8 Å². The highest BCUT2D eigenvalue weighted by Crippen LogP contribution is 2.12. The van der Waals surface area contributed by atoms with E-state index in [-0.39, 0.29) is 6.61 Å². The number of hydrogen-bond acceptors (Lipinski definition) is 5. The smallest absolute Gasteiger partial charge is 0.228 e. The fraction of sp³-hybridized carbons (Fsp3) is 0.385. The van der Waals surface area contributed by atoms with Crippen molar-refractivity contribution in [1.82, 2.24) is 10.1 Å². The third kappa shape index (κ3) is 3.30. The van der Waals surface area contributed by atoms with Crippen LogP contribution in [0.25, 0.3) is 0 Å². The van der Waals surface area contributed by atoms with Gasteiger partial charge < -0.3 is 14.9 Å². The summed E-state index contributed by atoms with van der Waals surface area (Å²) in [5, 5.41) is 15.9. The summed E-state index contributed by atoms with van der Waals surface area (Å²) in [4.78, 5) is 4.18. The van der Waals surface area contributed by atoms with Crippen LogP contribution in [0.3, 0.4) is 0 Å². The number of aromatic nitrogens is 2. The second kappa shape index (κ2) is 6.16. The van der Waals surface area contributed by atoms with Gasteiger partial charge in [0.1, 0.15) is 0 Å². The van der Waals surface area contributed by atoms with Crippen LogP contribution in [0.4, 0.5) is 5.69 Å². The van der Waals surface area contributed by atoms with Crippen LogP contribution < -0.4 is 5.32 Å². The Bertz CT molecular complexity index is 496. The van der Waals surface area contributed by atoms with Gasteiger partial charge in [-0.2, -0.15) is 4.98 Å². The minimum atomic E-state index is 0.0421. The molecule has 0 amide bonds. The van der Waals surface area contributed by atoms with Crippen LogP contribution in [0.1, 0.15) is 17.3 Å². The van der Waals surface area contributed by atoms with Crippen molar-refractivity contribution in [1.29, 1.82) is 0 Å². The zero-order valence-electron chi connectivity index (χ0n) is 10.4. The second-order valence-electron chi connectivity index (χ2n) is 4.07. The van der Waals surface area contributed by atoms with Gasteiger partial charge in [0.15, 0.2) is 5.82 Å². The first kappa shape index (κ1) is 12.6. The summed E-state index contributed by atoms with van der Waals surface area (Å²) in [5.74, 6) is 1.16. The highest BCUT2D eigenvalue weighted by molar-refractivity contribution is 5.50. The predicted molar refractivity (Wildman–Crippen MR) is 68.5 cm³/mol. The number of nitrogens with one attached hydrogen (secondary N) is 1. The SMILES string of the molecule is Cc1ccccc1NCCc1nc(CCO)no1. The first-order valence-electron chi connectivity index (χ1n) is 6.01. The Morgan fingerprint density at radius 2 is 2.11 bits per heavy atom. The van der Waals surface area contributed by atoms with Crippen LogP contribution in [0.15, 0.2) is 28.8 Å². The van der Waals surface area contributed by atoms with Crippen molar-refractivity contribution in [3.05, 3.63) is 41.5 Å². The lowest BCUT2D eigenvalue weighted by Gasteiger charge is -2.07. The number of aryl methyl sites for hydroxylation is 1. The lowest BCUT2D eigenvalue weighted by Crippen LogP contribution is -2.06. The molecular weight excluding hydrogens is 230 g/mol. The maximum atomic E-state index is 8.75. The topological polar surface area (TPSA) is 71.2 Å². The number of nitrogens with zero attached hydrogens (tertiary/aromatic N) is 2. The Balaban J connectivity index is 1.83. The maximum absolute atomic E-state index is 8.75. The molecule has 96 valence electrons. The van der Waals surface area contributed by atoms with Gasteiger partial charge in [0.05, 0.1) is 6.61 Å². The summed E-state index contributed by atoms with van der Waals surface area (Å²) < 4.78 is 5.07. The van der Waals surface area contributed by atoms with Gasteiger partial charge in [0.25, 0.3) is 0 Å². The molecule has 0 aliphatic carbocycles. The van der Waals surface area contributed by atoms with E-state index >= 15 is 0 Å². The normalized spacial score (nSPS) is 10.6. The standard InChI is InChI=1S/C13H17N3O2/c1-10-4-2-3-5-11(10)14-8-6-13-15-12(7-9-17)16-18-13/h2-5,14,17H,6-9H2,1H3. The number of benzene rings is 1. The number of anilines is 1. The Morgan fingerprint density at radius 1 is 1.28 bits per heavy atom. The number of rotatable bonds is 6. The molecule has 1 heterocycles. The molecule has 0 radical (unpaired) electrons. The van der Waals surface area contributed by atoms with Crippen molar-refractivity contribution < 1.29 is 9.63 Å². The number of aliphatic hydroxyl groups excluding tert-OH is 1. The number of hydrogen-bond donors (Lipinski definition) is 2. The molecule has 0 atom stereocenters. The molecular formula is C13H17N3O2. The Morgan fingerprint density at radius 3 is 2.89 bits per heavy atom. The van der Waals surface area contributed by atoms with Crippen LogP contribution in [0, 0.1) is 6.92 Å². The molecule has 0 aliphatic heterocycles. The van der Waals surface area contributed by atoms with Gasteiger partial charge in [-0.3, -0.25) is 0 Å². The van der Waals surface area contributed by atoms with Gasteiger partial charge in [-0.1, -0.05) is 23.4 Å². The molecule has 2 aromatic rings. The molecule has 0 spiro atoms. The minimum Gasteiger partial charge on any atom is -0.396 e. The summed E-state index contributed by atoms with van der Waals surface area (Å²) in [6, 6.07) is 8.12. The quantitative estimate of drug-likeness (QED) is 0.810. The van der Waals surface area contributed by atoms with E-state index < -0.39 is 0 Å². The Kier molecular flexibility index (Phi) is 4.30. The second-order valence-corrected chi connectivity index (χ2v) is 4.07. The first-order valence-corrected chi connectivity index (χ1v) is 6.01. The molecule has 0 unspecified atom stereocenters. The van der Waals surface area contributed by atoms with E-state index in [0.717, 1.165) is 12.2 Å². The van der Waals surface area contributed by atoms with E-state index in [9.17, 15) is 0 Å². The summed E-state index contributed by atoms with van der Waals surface area (Å²) in [6.07, 6.45) is 1.11. The molecule has 1 aromatic heterocycles. The highest BCUT2D eigenvalue weighted by atomic mass is 16.5. The molecule has 1 aromatic carbocycles. The molecule has 0 saturated heterocycles. The van der Waals surface area contributed by atoms with E-state index in [1.807, 2.05) is 18.2 Å². The van der Waals surface area contributed by atoms with Gasteiger partial charge in [0.2, 0.25) is 5.89 Å². The molecule has 2 rings (SSSR count). The fourth-order valence-electron chi connectivity index (χ4n) is 1.67. The molecule has 5 heteroatoms. The number of aliphatic hydroxyl groups is 1. The van der Waals surface area contributed by atoms with Crippen LogP contribution in [0.5, 0.6) is 0 Å². The monoisotopic (exact) mass is 247 g/mol. The number of para-hydroxylation sites is 1. The van der Waals surface area contributed by atoms with Gasteiger partial charge in [-0.15, -0.1) is 0 Å². The van der Waals surface area contributed by atoms with Crippen molar-refractivity contribution >= 4 is 5.69 Å². The van der Waals surface area contributed by atoms with E-state index in [2.05, 4.69) is 28.4 Å². The van der Waals surface area contributed by atoms with Crippen LogP contribution in [-0.4, -0.2) is 28.4 Å². The predicted octanol–water partition coefficient (Wildman–Crippen LogP) is 1.57. The maximum Gasteiger partial charge on any atom is 0.228 e. The molecule has 0 aliphatic rings. The zero-order chi connectivity index (χ0) is 12.8. The Hall–Kier alpha value is -1.88. The van der Waals surface area contributed by atoms with Crippen molar-refractivity contribution in [3.8, 4) is 0 Å². The van der Waals surface area contributed by atoms with Crippen LogP contribution >= 0.6 is 0 Å². The van der Waals surface area contributed by atoms with Gasteiger partial charge in [-0.25, -0.2) is 0 Å². The largest absolute Gasteiger partial charge is 0.396 e. The third-order valence-corrected chi connectivity index (χ3v) is 2.64. The van der Waals surface area contributed by atoms with E-state index in [1.165, 1.54) is 5.56 Å². The molecule has 0 bridgehead atoms. The lowest BCUT2D eigenvalue weighted by molar-refractivity contribution is 0.293. The van der Waals surface area contributed by atoms with Gasteiger partial charge in [0, 0.05) is 25.1 Å². The minimum absolute atomic E-state index is 0.0421. The Labute approximate surface area is 106 Å². The molecule has 18 heavy (non-hydrogen) atoms. The summed E-state index contributed by atoms with van der Waals surface area (Å²) >= 11 is 0. The average molecular weight is 247 g/mol. The van der Waals surface area contributed by atoms with E-state index in [0.29, 0.717) is 24.6 Å². The zero-order valence-corrected chi connectivity index (χ0v) is 10.4. The lowest BCUT2D eigenvalue weighted by atomic mass is 10.2. The highest BCUT2D eigenvalue weighted by Gasteiger charge is 2.05. The van der Waals surface area contributed by atoms with Crippen molar-refractivity contribution in [2.75, 3.05) is 18.5 Å². The van der Waals surface area contributed by atoms with Crippen molar-refractivity contribution in [2.24, 2.45) is 0 Å². The van der Waals surface area contributed by atoms with Crippen molar-refractivity contribution in [3.63, 3.8) is 0 Å². The molecule has 5 nitrogen and oxygen atoms in total. The summed E-state index contributed by atoms with van der Waals surface area (Å²) in [5.41, 5.74) is 2.33. The molecule has 0 saturated carbocycles. The summed E-state index contributed by atoms with van der Waals surface area (Å²) in [6.45, 7) is 2.85. The average Bonchev–Trinajstić information content (AvgIpc) is 2.80. The summed E-state index contributed by atoms with van der Waals surface area (Å²) in [7, 11) is 0. The fourth-order valence-corrected chi connectivity index (χ4v) is 1.67. The van der Waals surface area contributed by atoms with E-state index in [4.69, 9.17) is 9.63 Å².